The van der Waals surface area contributed by atoms with Crippen molar-refractivity contribution in [2.75, 3.05) is 195 Å². The molecule has 5 aromatic carbocycles. The minimum atomic E-state index is -1.09. The third kappa shape index (κ3) is 29.6. The van der Waals surface area contributed by atoms with Crippen molar-refractivity contribution in [3.05, 3.63) is 214 Å². The molecule has 126 heavy (non-hydrogen) atoms. The molecule has 3 aromatic heterocycles. The molecule has 10 heterocycles. The predicted octanol–water partition coefficient (Wildman–Crippen LogP) is 14.1. The van der Waals surface area contributed by atoms with E-state index in [-0.39, 0.29) is 60.9 Å². The molecule has 680 valence electrons. The number of carbonyl (C=O) groups excluding carboxylic acids is 2. The first-order valence-corrected chi connectivity index (χ1v) is 43.9. The number of allylic oxidation sites excluding steroid dienone is 2. The quantitative estimate of drug-likeness (QED) is 0.0615. The average molecular weight is 1740 g/mol. The van der Waals surface area contributed by atoms with Gasteiger partial charge in [0.2, 0.25) is 5.95 Å². The van der Waals surface area contributed by atoms with Gasteiger partial charge in [0.15, 0.2) is 11.5 Å². The number of aliphatic hydroxyl groups is 1. The number of rotatable bonds is 11. The molecule has 35 heteroatoms. The molecular weight excluding hydrogens is 1610 g/mol. The van der Waals surface area contributed by atoms with Crippen LogP contribution in [0.3, 0.4) is 0 Å². The Morgan fingerprint density at radius 3 is 1.27 bits per heavy atom. The minimum absolute atomic E-state index is 0.0824. The lowest BCUT2D eigenvalue weighted by molar-refractivity contribution is -0.385. The van der Waals surface area contributed by atoms with Crippen molar-refractivity contribution in [3.8, 4) is 5.82 Å². The number of pyridine rings is 1. The highest BCUT2D eigenvalue weighted by atomic mass is 16.6. The van der Waals surface area contributed by atoms with E-state index in [1.165, 1.54) is 30.7 Å². The number of nitrogens with zero attached hydrogens (tertiary/aromatic N) is 19. The number of amides is 2. The zero-order valence-corrected chi connectivity index (χ0v) is 74.8. The van der Waals surface area contributed by atoms with E-state index in [1.807, 2.05) is 125 Å². The van der Waals surface area contributed by atoms with Gasteiger partial charge in [0.25, 0.3) is 28.3 Å². The maximum absolute atomic E-state index is 13.4. The Kier molecular flexibility index (Phi) is 35.4. The highest BCUT2D eigenvalue weighted by Gasteiger charge is 2.30. The summed E-state index contributed by atoms with van der Waals surface area (Å²) >= 11 is 0. The van der Waals surface area contributed by atoms with Gasteiger partial charge in [0, 0.05) is 207 Å². The molecule has 8 aromatic rings. The zero-order valence-electron chi connectivity index (χ0n) is 74.8. The van der Waals surface area contributed by atoms with E-state index < -0.39 is 16.1 Å². The monoisotopic (exact) mass is 1740 g/mol. The highest BCUT2D eigenvalue weighted by molar-refractivity contribution is 5.77. The Bertz CT molecular complexity index is 4830. The van der Waals surface area contributed by atoms with Crippen molar-refractivity contribution in [1.29, 1.82) is 0 Å². The Hall–Kier alpha value is -11.9. The van der Waals surface area contributed by atoms with E-state index in [0.29, 0.717) is 67.5 Å². The van der Waals surface area contributed by atoms with Crippen LogP contribution in [0.2, 0.25) is 0 Å². The number of ether oxygens (including phenoxy) is 2. The van der Waals surface area contributed by atoms with Crippen molar-refractivity contribution in [1.82, 2.24) is 54.1 Å². The molecule has 2 bridgehead atoms. The van der Waals surface area contributed by atoms with Gasteiger partial charge in [0.1, 0.15) is 22.2 Å². The van der Waals surface area contributed by atoms with E-state index in [4.69, 9.17) is 19.4 Å². The number of nitrogens with one attached hydrogen (secondary N) is 2. The van der Waals surface area contributed by atoms with Crippen molar-refractivity contribution in [2.45, 2.75) is 142 Å². The van der Waals surface area contributed by atoms with Gasteiger partial charge in [-0.3, -0.25) is 45.3 Å². The van der Waals surface area contributed by atoms with E-state index in [0.717, 1.165) is 198 Å². The highest BCUT2D eigenvalue weighted by Crippen LogP contribution is 2.31. The summed E-state index contributed by atoms with van der Waals surface area (Å²) in [5.41, 5.74) is 5.62. The van der Waals surface area contributed by atoms with Gasteiger partial charge in [-0.15, -0.1) is 0 Å². The van der Waals surface area contributed by atoms with Crippen molar-refractivity contribution in [2.24, 2.45) is 0 Å². The molecular formula is C91H127N21O14. The minimum Gasteiger partial charge on any atom is -0.444 e. The Balaban J connectivity index is 0.000000166. The summed E-state index contributed by atoms with van der Waals surface area (Å²) < 4.78 is 14.1. The number of carbonyl (C=O) groups is 2. The fourth-order valence-electron chi connectivity index (χ4n) is 15.4. The number of hydrogen-bond donors (Lipinski definition) is 3. The zero-order chi connectivity index (χ0) is 90.5. The topological polar surface area (TPSA) is 367 Å². The molecule has 0 saturated carbocycles. The SMILES string of the molecule is CC(C)(C)OC(=O)N1CCCCCC1.CC(C)(C)OC(=O)N1CCCN(c2ccc([N+](=O)[O-])cc2)CC1.CN1CCCN(c2ccc(Nc3ncc4c(=O)n5n(c4n3)-c3cccc(n3)[C@](C)(O)CC/C=C\C5)cc2)CC1.CN1CCCN(c2ccc([N+](=O)[O-])cc2)CC1.CN1CCCN(c2ccc([N+](=O)[O-])cc2)CC1.O=[N+]([O-])c1ccc(N2CCCNCC2)cc1. The number of aromatic nitrogens is 5. The maximum Gasteiger partial charge on any atom is 0.410 e. The van der Waals surface area contributed by atoms with Gasteiger partial charge in [-0.2, -0.15) is 4.98 Å². The van der Waals surface area contributed by atoms with Gasteiger partial charge in [-0.1, -0.05) is 31.1 Å². The third-order valence-corrected chi connectivity index (χ3v) is 22.5. The second-order valence-corrected chi connectivity index (χ2v) is 34.8. The van der Waals surface area contributed by atoms with Crippen LogP contribution in [-0.2, 0) is 21.6 Å². The largest absolute Gasteiger partial charge is 0.444 e. The molecule has 15 rings (SSSR count). The second-order valence-electron chi connectivity index (χ2n) is 34.8. The number of nitro benzene ring substituents is 4. The standard InChI is InChI=1S/C29H34N8O2.C16H23N3O4.2C12H17N3O2.C11H15N3O2.C11H21NO2/c1-29(39)14-4-3-5-17-36-27(38)23-20-30-28(33-26(23)37(36)25-9-6-8-24(29)32-25)31-21-10-12-22(13-11-21)35-16-7-15-34(2)18-19-35;1-16(2,3)23-15(20)18-10-4-9-17(11-12-18)13-5-7-14(8-6-13)19(21)22;2*1-13-7-2-8-14(10-9-13)11-3-5-12(6-4-11)15(16)17;15-14(16)11-4-2-10(3-5-11)13-8-1-6-12-7-9-13;1-11(2,3)14-10(13)12-8-6-4-5-7-9-12/h3,5-6,8-13,20,39H,4,7,14-19H2,1-2H3,(H,30,31,33);5-8H,4,9-12H2,1-3H3;2*3-6H,2,7-10H2,1H3;2-5,12H,1,6-9H2;4-9H2,1-3H3/b5-3-;;;;;/t29-;;;;;/m1...../s1. The number of likely N-dealkylation sites (N-methyl/N-ethyl adjacent to an activating group) is 3. The first-order chi connectivity index (χ1) is 60.2. The molecule has 3 N–H and O–H groups in total. The maximum atomic E-state index is 13.4. The number of hydrogen-bond acceptors (Lipinski definition) is 27. The van der Waals surface area contributed by atoms with E-state index in [2.05, 4.69) is 88.1 Å². The van der Waals surface area contributed by atoms with Crippen molar-refractivity contribution < 1.29 is 43.9 Å². The van der Waals surface area contributed by atoms with Crippen molar-refractivity contribution >= 4 is 86.0 Å². The van der Waals surface area contributed by atoms with E-state index in [9.17, 15) is 59.9 Å². The van der Waals surface area contributed by atoms with Gasteiger partial charge in [-0.05, 0) is 239 Å². The Labute approximate surface area is 738 Å². The Morgan fingerprint density at radius 1 is 0.452 bits per heavy atom. The first kappa shape index (κ1) is 96.3. The van der Waals surface area contributed by atoms with Crippen LogP contribution in [-0.4, -0.2) is 262 Å². The summed E-state index contributed by atoms with van der Waals surface area (Å²) in [6.07, 6.45) is 16.3. The molecule has 6 saturated heterocycles. The molecule has 0 radical (unpaired) electrons. The lowest BCUT2D eigenvalue weighted by Crippen LogP contribution is -2.39. The summed E-state index contributed by atoms with van der Waals surface area (Å²) in [6.45, 7) is 34.3. The second kappa shape index (κ2) is 46.3. The normalized spacial score (nSPS) is 18.5. The summed E-state index contributed by atoms with van der Waals surface area (Å²) in [7, 11) is 6.42. The fourth-order valence-corrected chi connectivity index (χ4v) is 15.4. The summed E-state index contributed by atoms with van der Waals surface area (Å²) in [5, 5.41) is 60.4. The number of likely N-dealkylation sites (tertiary alicyclic amines) is 1. The molecule has 35 nitrogen and oxygen atoms in total. The van der Waals surface area contributed by atoms with Gasteiger partial charge in [0.05, 0.1) is 31.9 Å². The Morgan fingerprint density at radius 2 is 0.841 bits per heavy atom. The molecule has 7 aliphatic rings. The van der Waals surface area contributed by atoms with Crippen LogP contribution in [0.4, 0.5) is 72.4 Å². The molecule has 0 spiro atoms. The third-order valence-electron chi connectivity index (χ3n) is 22.5. The van der Waals surface area contributed by atoms with Gasteiger partial charge < -0.3 is 74.2 Å². The van der Waals surface area contributed by atoms with Gasteiger partial charge >= 0.3 is 12.2 Å². The summed E-state index contributed by atoms with van der Waals surface area (Å²) in [4.78, 5) is 114. The first-order valence-electron chi connectivity index (χ1n) is 43.9. The summed E-state index contributed by atoms with van der Waals surface area (Å²) in [5.74, 6) is 0.910. The number of anilines is 7. The van der Waals surface area contributed by atoms with Crippen LogP contribution in [0.1, 0.15) is 125 Å². The van der Waals surface area contributed by atoms with Gasteiger partial charge in [-0.25, -0.2) is 28.9 Å². The molecule has 6 fully saturated rings. The lowest BCUT2D eigenvalue weighted by atomic mass is 9.95. The molecule has 2 amide bonds. The fraction of sp³-hybridized carbons (Fsp3) is 0.516. The van der Waals surface area contributed by atoms with Crippen LogP contribution in [0, 0.1) is 40.5 Å². The van der Waals surface area contributed by atoms with E-state index in [1.54, 1.807) is 75.9 Å². The number of benzene rings is 5. The van der Waals surface area contributed by atoms with Crippen molar-refractivity contribution in [3.63, 3.8) is 0 Å². The predicted molar refractivity (Wildman–Crippen MR) is 495 cm³/mol. The molecule has 1 atom stereocenters. The van der Waals surface area contributed by atoms with Crippen LogP contribution in [0.25, 0.3) is 16.9 Å². The van der Waals surface area contributed by atoms with Crippen LogP contribution in [0.5, 0.6) is 0 Å². The van der Waals surface area contributed by atoms with E-state index >= 15 is 0 Å². The number of nitro groups is 4. The molecule has 0 aliphatic carbocycles. The van der Waals surface area contributed by atoms with Crippen LogP contribution >= 0.6 is 0 Å². The van der Waals surface area contributed by atoms with Crippen LogP contribution in [0.15, 0.2) is 163 Å². The van der Waals surface area contributed by atoms with Crippen LogP contribution < -0.4 is 40.7 Å². The molecule has 0 unspecified atom stereocenters. The smallest absolute Gasteiger partial charge is 0.410 e. The molecule has 7 aliphatic heterocycles. The average Bonchev–Trinajstić information content (AvgIpc) is 1.60. The lowest BCUT2D eigenvalue weighted by Gasteiger charge is -2.26. The number of fused-ring (bicyclic) bond motifs is 6. The number of non-ortho nitro benzene ring substituents is 4. The summed E-state index contributed by atoms with van der Waals surface area (Å²) in [6, 6.07) is 40.7.